The van der Waals surface area contributed by atoms with Crippen molar-refractivity contribution < 1.29 is 8.42 Å². The molecule has 2 aromatic rings. The summed E-state index contributed by atoms with van der Waals surface area (Å²) in [5.41, 5.74) is 4.48. The van der Waals surface area contributed by atoms with Gasteiger partial charge in [0.1, 0.15) is 4.90 Å². The first kappa shape index (κ1) is 23.7. The third-order valence-electron chi connectivity index (χ3n) is 6.56. The average Bonchev–Trinajstić information content (AvgIpc) is 3.11. The van der Waals surface area contributed by atoms with Crippen LogP contribution in [-0.2, 0) is 29.7 Å². The molecule has 1 heterocycles. The highest BCUT2D eigenvalue weighted by molar-refractivity contribution is 9.10. The van der Waals surface area contributed by atoms with Crippen LogP contribution < -0.4 is 10.0 Å². The molecule has 2 unspecified atom stereocenters. The molecule has 0 bridgehead atoms. The van der Waals surface area contributed by atoms with E-state index in [1.807, 2.05) is 20.2 Å². The molecule has 0 saturated heterocycles. The molecule has 1 aliphatic heterocycles. The van der Waals surface area contributed by atoms with E-state index in [2.05, 4.69) is 61.0 Å². The molecule has 2 N–H and O–H groups in total. The van der Waals surface area contributed by atoms with Gasteiger partial charge < -0.3 is 10.2 Å². The van der Waals surface area contributed by atoms with Crippen LogP contribution in [0.25, 0.3) is 0 Å². The smallest absolute Gasteiger partial charge is 0.242 e. The molecule has 4 rings (SSSR count). The van der Waals surface area contributed by atoms with Crippen LogP contribution in [0.4, 0.5) is 5.69 Å². The standard InChI is InChI=1S/C24H33BrN4O2S/c1-28(2)23-7-5-4-6-21(23)27-32(30,31)24-11-10-20(25)13-22(24)26-14-17-8-9-18-15-29(3)16-19(18)12-17/h8-13,21,23,26-27H,4-7,14-16H2,1-3H3. The summed E-state index contributed by atoms with van der Waals surface area (Å²) in [6.07, 6.45) is 4.07. The summed E-state index contributed by atoms with van der Waals surface area (Å²) in [4.78, 5) is 4.72. The quantitative estimate of drug-likeness (QED) is 0.573. The Morgan fingerprint density at radius 2 is 1.81 bits per heavy atom. The highest BCUT2D eigenvalue weighted by Crippen LogP contribution is 2.29. The molecular formula is C24H33BrN4O2S. The van der Waals surface area contributed by atoms with Crippen LogP contribution >= 0.6 is 15.9 Å². The fourth-order valence-electron chi connectivity index (χ4n) is 4.93. The second kappa shape index (κ2) is 9.81. The van der Waals surface area contributed by atoms with Crippen molar-refractivity contribution in [3.63, 3.8) is 0 Å². The summed E-state index contributed by atoms with van der Waals surface area (Å²) < 4.78 is 30.7. The minimum Gasteiger partial charge on any atom is -0.380 e. The zero-order valence-electron chi connectivity index (χ0n) is 19.1. The zero-order chi connectivity index (χ0) is 22.9. The summed E-state index contributed by atoms with van der Waals surface area (Å²) in [6, 6.07) is 12.0. The van der Waals surface area contributed by atoms with Crippen LogP contribution in [0.3, 0.4) is 0 Å². The number of hydrogen-bond donors (Lipinski definition) is 2. The Morgan fingerprint density at radius 3 is 2.59 bits per heavy atom. The first-order valence-electron chi connectivity index (χ1n) is 11.2. The van der Waals surface area contributed by atoms with Crippen molar-refractivity contribution in [2.75, 3.05) is 26.5 Å². The van der Waals surface area contributed by atoms with E-state index >= 15 is 0 Å². The number of anilines is 1. The van der Waals surface area contributed by atoms with Crippen LogP contribution in [0.1, 0.15) is 42.4 Å². The van der Waals surface area contributed by atoms with Crippen LogP contribution in [0.15, 0.2) is 45.8 Å². The van der Waals surface area contributed by atoms with E-state index in [0.29, 0.717) is 17.1 Å². The number of likely N-dealkylation sites (N-methyl/N-ethyl adjacent to an activating group) is 1. The number of fused-ring (bicyclic) bond motifs is 1. The van der Waals surface area contributed by atoms with E-state index in [1.54, 1.807) is 12.1 Å². The van der Waals surface area contributed by atoms with Gasteiger partial charge in [-0.15, -0.1) is 0 Å². The monoisotopic (exact) mass is 520 g/mol. The molecule has 8 heteroatoms. The summed E-state index contributed by atoms with van der Waals surface area (Å²) >= 11 is 3.50. The summed E-state index contributed by atoms with van der Waals surface area (Å²) in [7, 11) is 2.51. The van der Waals surface area contributed by atoms with Crippen molar-refractivity contribution >= 4 is 31.6 Å². The maximum Gasteiger partial charge on any atom is 0.242 e. The van der Waals surface area contributed by atoms with Gasteiger partial charge in [0.25, 0.3) is 0 Å². The Morgan fingerprint density at radius 1 is 1.06 bits per heavy atom. The van der Waals surface area contributed by atoms with E-state index in [1.165, 1.54) is 11.1 Å². The number of hydrogen-bond acceptors (Lipinski definition) is 5. The third-order valence-corrected chi connectivity index (χ3v) is 8.61. The largest absolute Gasteiger partial charge is 0.380 e. The number of nitrogens with one attached hydrogen (secondary N) is 2. The van der Waals surface area contributed by atoms with Crippen LogP contribution in [-0.4, -0.2) is 51.4 Å². The first-order valence-corrected chi connectivity index (χ1v) is 13.5. The predicted molar refractivity (Wildman–Crippen MR) is 133 cm³/mol. The average molecular weight is 522 g/mol. The van der Waals surface area contributed by atoms with Crippen LogP contribution in [0, 0.1) is 0 Å². The van der Waals surface area contributed by atoms with Gasteiger partial charge in [-0.3, -0.25) is 4.90 Å². The van der Waals surface area contributed by atoms with Crippen molar-refractivity contribution in [3.05, 3.63) is 57.6 Å². The number of benzene rings is 2. The minimum absolute atomic E-state index is 0.0750. The van der Waals surface area contributed by atoms with Crippen molar-refractivity contribution in [2.45, 2.75) is 62.3 Å². The molecule has 174 valence electrons. The van der Waals surface area contributed by atoms with Gasteiger partial charge in [0.2, 0.25) is 10.0 Å². The minimum atomic E-state index is -3.66. The maximum atomic E-state index is 13.4. The lowest BCUT2D eigenvalue weighted by Crippen LogP contribution is -2.51. The van der Waals surface area contributed by atoms with E-state index < -0.39 is 10.0 Å². The highest BCUT2D eigenvalue weighted by Gasteiger charge is 2.31. The Balaban J connectivity index is 1.53. The topological polar surface area (TPSA) is 64.7 Å². The van der Waals surface area contributed by atoms with Gasteiger partial charge in [0, 0.05) is 36.2 Å². The van der Waals surface area contributed by atoms with E-state index in [-0.39, 0.29) is 12.1 Å². The Labute approximate surface area is 200 Å². The van der Waals surface area contributed by atoms with Gasteiger partial charge >= 0.3 is 0 Å². The number of halogens is 1. The van der Waals surface area contributed by atoms with Crippen molar-refractivity contribution in [3.8, 4) is 0 Å². The molecule has 2 aromatic carbocycles. The van der Waals surface area contributed by atoms with Crippen molar-refractivity contribution in [1.82, 2.24) is 14.5 Å². The summed E-state index contributed by atoms with van der Waals surface area (Å²) in [6.45, 7) is 2.51. The van der Waals surface area contributed by atoms with Gasteiger partial charge in [-0.05, 0) is 68.9 Å². The second-order valence-corrected chi connectivity index (χ2v) is 11.9. The number of rotatable bonds is 7. The summed E-state index contributed by atoms with van der Waals surface area (Å²) in [5.74, 6) is 0. The first-order chi connectivity index (χ1) is 15.2. The molecule has 6 nitrogen and oxygen atoms in total. The third kappa shape index (κ3) is 5.37. The van der Waals surface area contributed by atoms with Gasteiger partial charge in [0.15, 0.2) is 0 Å². The molecular weight excluding hydrogens is 488 g/mol. The predicted octanol–water partition coefficient (Wildman–Crippen LogP) is 4.16. The number of sulfonamides is 1. The molecule has 2 atom stereocenters. The van der Waals surface area contributed by atoms with Crippen LogP contribution in [0.5, 0.6) is 0 Å². The maximum absolute atomic E-state index is 13.4. The molecule has 0 aromatic heterocycles. The van der Waals surface area contributed by atoms with Gasteiger partial charge in [-0.1, -0.05) is 47.0 Å². The normalized spacial score (nSPS) is 21.7. The molecule has 1 fully saturated rings. The molecule has 1 saturated carbocycles. The molecule has 0 radical (unpaired) electrons. The highest BCUT2D eigenvalue weighted by atomic mass is 79.9. The van der Waals surface area contributed by atoms with E-state index in [0.717, 1.165) is 48.8 Å². The molecule has 2 aliphatic rings. The second-order valence-electron chi connectivity index (χ2n) is 9.31. The lowest BCUT2D eigenvalue weighted by atomic mass is 9.90. The fraction of sp³-hybridized carbons (Fsp3) is 0.500. The Kier molecular flexibility index (Phi) is 7.27. The molecule has 1 aliphatic carbocycles. The van der Waals surface area contributed by atoms with Gasteiger partial charge in [-0.25, -0.2) is 13.1 Å². The Hall–Kier alpha value is -1.45. The number of nitrogens with zero attached hydrogens (tertiary/aromatic N) is 2. The molecule has 0 spiro atoms. The lowest BCUT2D eigenvalue weighted by Gasteiger charge is -2.36. The zero-order valence-corrected chi connectivity index (χ0v) is 21.5. The van der Waals surface area contributed by atoms with Crippen molar-refractivity contribution in [1.29, 1.82) is 0 Å². The van der Waals surface area contributed by atoms with Crippen molar-refractivity contribution in [2.24, 2.45) is 0 Å². The SMILES string of the molecule is CN1Cc2ccc(CNc3cc(Br)ccc3S(=O)(=O)NC3CCCCC3N(C)C)cc2C1. The van der Waals surface area contributed by atoms with E-state index in [9.17, 15) is 8.42 Å². The molecule has 32 heavy (non-hydrogen) atoms. The van der Waals surface area contributed by atoms with E-state index in [4.69, 9.17) is 0 Å². The lowest BCUT2D eigenvalue weighted by molar-refractivity contribution is 0.191. The Bertz CT molecular complexity index is 1070. The van der Waals surface area contributed by atoms with Crippen LogP contribution in [0.2, 0.25) is 0 Å². The van der Waals surface area contributed by atoms with Gasteiger partial charge in [-0.2, -0.15) is 0 Å². The molecule has 0 amide bonds. The fourth-order valence-corrected chi connectivity index (χ4v) is 6.76. The van der Waals surface area contributed by atoms with Gasteiger partial charge in [0.05, 0.1) is 5.69 Å². The summed E-state index contributed by atoms with van der Waals surface area (Å²) in [5, 5.41) is 3.38.